The summed E-state index contributed by atoms with van der Waals surface area (Å²) >= 11 is 0. The van der Waals surface area contributed by atoms with Crippen LogP contribution in [-0.2, 0) is 6.42 Å². The van der Waals surface area contributed by atoms with Crippen LogP contribution in [0.5, 0.6) is 0 Å². The zero-order valence-corrected chi connectivity index (χ0v) is 8.20. The van der Waals surface area contributed by atoms with Crippen LogP contribution in [0.15, 0.2) is 18.2 Å². The second-order valence-corrected chi connectivity index (χ2v) is 3.17. The van der Waals surface area contributed by atoms with Crippen LogP contribution < -0.4 is 0 Å². The molecule has 0 bridgehead atoms. The van der Waals surface area contributed by atoms with Crippen LogP contribution in [0.3, 0.4) is 0 Å². The molecule has 0 aromatic heterocycles. The van der Waals surface area contributed by atoms with Gasteiger partial charge in [0.2, 0.25) is 0 Å². The van der Waals surface area contributed by atoms with Gasteiger partial charge >= 0.3 is 6.09 Å². The van der Waals surface area contributed by atoms with Crippen LogP contribution in [0.2, 0.25) is 0 Å². The molecule has 0 spiro atoms. The molecule has 82 valence electrons. The summed E-state index contributed by atoms with van der Waals surface area (Å²) in [4.78, 5) is 11.4. The van der Waals surface area contributed by atoms with E-state index in [0.717, 1.165) is 11.0 Å². The third-order valence-corrected chi connectivity index (χ3v) is 2.07. The van der Waals surface area contributed by atoms with E-state index in [1.807, 2.05) is 0 Å². The summed E-state index contributed by atoms with van der Waals surface area (Å²) < 4.78 is 25.9. The van der Waals surface area contributed by atoms with E-state index in [2.05, 4.69) is 0 Å². The van der Waals surface area contributed by atoms with E-state index in [9.17, 15) is 13.6 Å². The van der Waals surface area contributed by atoms with E-state index in [4.69, 9.17) is 5.11 Å². The molecule has 0 aliphatic rings. The molecule has 15 heavy (non-hydrogen) atoms. The maximum Gasteiger partial charge on any atom is 0.407 e. The average Bonchev–Trinajstić information content (AvgIpc) is 2.19. The van der Waals surface area contributed by atoms with E-state index >= 15 is 0 Å². The van der Waals surface area contributed by atoms with Gasteiger partial charge < -0.3 is 10.0 Å². The zero-order valence-electron chi connectivity index (χ0n) is 8.20. The van der Waals surface area contributed by atoms with Gasteiger partial charge in [0, 0.05) is 13.6 Å². The molecule has 0 radical (unpaired) electrons. The lowest BCUT2D eigenvalue weighted by Gasteiger charge is -2.12. The summed E-state index contributed by atoms with van der Waals surface area (Å²) in [5.41, 5.74) is 0.183. The molecule has 0 fully saturated rings. The lowest BCUT2D eigenvalue weighted by molar-refractivity contribution is 0.156. The number of carboxylic acid groups (broad SMARTS) is 1. The van der Waals surface area contributed by atoms with Gasteiger partial charge in [-0.15, -0.1) is 0 Å². The number of halogens is 2. The van der Waals surface area contributed by atoms with Crippen molar-refractivity contribution in [2.24, 2.45) is 0 Å². The highest BCUT2D eigenvalue weighted by Crippen LogP contribution is 2.12. The fourth-order valence-electron chi connectivity index (χ4n) is 1.13. The maximum absolute atomic E-state index is 13.1. The Morgan fingerprint density at radius 3 is 2.73 bits per heavy atom. The molecule has 1 rings (SSSR count). The predicted octanol–water partition coefficient (Wildman–Crippen LogP) is 2.12. The Bertz CT molecular complexity index is 368. The first kappa shape index (κ1) is 11.4. The summed E-state index contributed by atoms with van der Waals surface area (Å²) in [5, 5.41) is 8.54. The molecule has 0 atom stereocenters. The highest BCUT2D eigenvalue weighted by molar-refractivity contribution is 5.64. The molecule has 1 aromatic rings. The first-order valence-electron chi connectivity index (χ1n) is 4.39. The molecule has 0 aliphatic heterocycles. The molecule has 1 N–H and O–H groups in total. The Morgan fingerprint density at radius 2 is 2.13 bits per heavy atom. The number of rotatable bonds is 3. The molecule has 5 heteroatoms. The minimum Gasteiger partial charge on any atom is -0.465 e. The third-order valence-electron chi connectivity index (χ3n) is 2.07. The van der Waals surface area contributed by atoms with Crippen molar-refractivity contribution < 1.29 is 18.7 Å². The average molecular weight is 215 g/mol. The summed E-state index contributed by atoms with van der Waals surface area (Å²) in [7, 11) is 1.37. The molecule has 0 saturated heterocycles. The summed E-state index contributed by atoms with van der Waals surface area (Å²) in [5.74, 6) is -1.82. The Balaban J connectivity index is 2.66. The Labute approximate surface area is 85.9 Å². The van der Waals surface area contributed by atoms with Gasteiger partial charge in [-0.3, -0.25) is 0 Å². The fraction of sp³-hybridized carbons (Fsp3) is 0.300. The number of carbonyl (C=O) groups is 1. The van der Waals surface area contributed by atoms with Crippen LogP contribution in [0.4, 0.5) is 13.6 Å². The van der Waals surface area contributed by atoms with Crippen LogP contribution in [0.25, 0.3) is 0 Å². The third kappa shape index (κ3) is 2.90. The van der Waals surface area contributed by atoms with Crippen LogP contribution in [0, 0.1) is 11.6 Å². The van der Waals surface area contributed by atoms with Crippen molar-refractivity contribution in [1.29, 1.82) is 0 Å². The van der Waals surface area contributed by atoms with Gasteiger partial charge in [0.1, 0.15) is 0 Å². The van der Waals surface area contributed by atoms with E-state index in [0.29, 0.717) is 0 Å². The van der Waals surface area contributed by atoms with Crippen molar-refractivity contribution in [3.63, 3.8) is 0 Å². The maximum atomic E-state index is 13.1. The van der Waals surface area contributed by atoms with Crippen LogP contribution >= 0.6 is 0 Å². The van der Waals surface area contributed by atoms with Gasteiger partial charge in [-0.25, -0.2) is 13.6 Å². The number of benzene rings is 1. The lowest BCUT2D eigenvalue weighted by atomic mass is 10.1. The van der Waals surface area contributed by atoms with Crippen LogP contribution in [-0.4, -0.2) is 29.7 Å². The molecular formula is C10H11F2NO2. The molecule has 0 heterocycles. The SMILES string of the molecule is CN(CCc1cccc(F)c1F)C(=O)O. The minimum atomic E-state index is -1.09. The number of amides is 1. The molecule has 0 aliphatic carbocycles. The molecule has 3 nitrogen and oxygen atoms in total. The summed E-state index contributed by atoms with van der Waals surface area (Å²) in [6.07, 6.45) is -0.932. The largest absolute Gasteiger partial charge is 0.465 e. The topological polar surface area (TPSA) is 40.5 Å². The number of hydrogen-bond acceptors (Lipinski definition) is 1. The van der Waals surface area contributed by atoms with E-state index in [-0.39, 0.29) is 18.5 Å². The molecular weight excluding hydrogens is 204 g/mol. The quantitative estimate of drug-likeness (QED) is 0.838. The second kappa shape index (κ2) is 4.72. The fourth-order valence-corrected chi connectivity index (χ4v) is 1.13. The monoisotopic (exact) mass is 215 g/mol. The Hall–Kier alpha value is -1.65. The summed E-state index contributed by atoms with van der Waals surface area (Å²) in [6.45, 7) is 0.135. The van der Waals surface area contributed by atoms with Crippen molar-refractivity contribution in [2.45, 2.75) is 6.42 Å². The minimum absolute atomic E-state index is 0.135. The smallest absolute Gasteiger partial charge is 0.407 e. The number of nitrogens with zero attached hydrogens (tertiary/aromatic N) is 1. The summed E-state index contributed by atoms with van der Waals surface area (Å²) in [6, 6.07) is 3.86. The second-order valence-electron chi connectivity index (χ2n) is 3.17. The zero-order chi connectivity index (χ0) is 11.4. The predicted molar refractivity (Wildman–Crippen MR) is 50.7 cm³/mol. The highest BCUT2D eigenvalue weighted by atomic mass is 19.2. The van der Waals surface area contributed by atoms with Crippen molar-refractivity contribution in [3.05, 3.63) is 35.4 Å². The van der Waals surface area contributed by atoms with Gasteiger partial charge in [-0.1, -0.05) is 12.1 Å². The first-order chi connectivity index (χ1) is 7.02. The van der Waals surface area contributed by atoms with Gasteiger partial charge in [0.25, 0.3) is 0 Å². The van der Waals surface area contributed by atoms with E-state index < -0.39 is 17.7 Å². The van der Waals surface area contributed by atoms with Gasteiger partial charge in [0.15, 0.2) is 11.6 Å². The number of hydrogen-bond donors (Lipinski definition) is 1. The molecule has 1 aromatic carbocycles. The van der Waals surface area contributed by atoms with Crippen molar-refractivity contribution in [2.75, 3.05) is 13.6 Å². The van der Waals surface area contributed by atoms with Crippen molar-refractivity contribution >= 4 is 6.09 Å². The normalized spacial score (nSPS) is 10.1. The van der Waals surface area contributed by atoms with Gasteiger partial charge in [-0.2, -0.15) is 0 Å². The Morgan fingerprint density at radius 1 is 1.47 bits per heavy atom. The molecule has 1 amide bonds. The number of likely N-dealkylation sites (N-methyl/N-ethyl adjacent to an activating group) is 1. The van der Waals surface area contributed by atoms with Crippen molar-refractivity contribution in [3.8, 4) is 0 Å². The lowest BCUT2D eigenvalue weighted by Crippen LogP contribution is -2.27. The van der Waals surface area contributed by atoms with Gasteiger partial charge in [0.05, 0.1) is 0 Å². The molecule has 0 unspecified atom stereocenters. The standard InChI is InChI=1S/C10H11F2NO2/c1-13(10(14)15)6-5-7-3-2-4-8(11)9(7)12/h2-4H,5-6H2,1H3,(H,14,15). The molecule has 0 saturated carbocycles. The van der Waals surface area contributed by atoms with E-state index in [1.165, 1.54) is 19.2 Å². The van der Waals surface area contributed by atoms with E-state index in [1.54, 1.807) is 0 Å². The first-order valence-corrected chi connectivity index (χ1v) is 4.39. The Kier molecular flexibility index (Phi) is 3.60. The highest BCUT2D eigenvalue weighted by Gasteiger charge is 2.10. The van der Waals surface area contributed by atoms with Crippen molar-refractivity contribution in [1.82, 2.24) is 4.90 Å². The van der Waals surface area contributed by atoms with Gasteiger partial charge in [-0.05, 0) is 18.1 Å². The van der Waals surface area contributed by atoms with Crippen LogP contribution in [0.1, 0.15) is 5.56 Å².